The van der Waals surface area contributed by atoms with E-state index in [0.717, 1.165) is 15.9 Å². The van der Waals surface area contributed by atoms with Gasteiger partial charge in [-0.15, -0.1) is 11.3 Å². The van der Waals surface area contributed by atoms with Crippen LogP contribution in [0.3, 0.4) is 0 Å². The Labute approximate surface area is 223 Å². The van der Waals surface area contributed by atoms with Crippen molar-refractivity contribution in [2.75, 3.05) is 0 Å². The number of aromatic nitrogens is 3. The Bertz CT molecular complexity index is 2070. The standard InChI is InChI=1S/C34H21N3S/c1-3-9-22(10-4-1)24-17-25(23-11-5-2-6-12-23)19-26(18-24)37-28-14-8-7-13-27(28)32-29(37)15-16-30-33(32)34-31(38-30)20-35-21-36-34/h1-21H. The largest absolute Gasteiger partial charge is 0.309 e. The van der Waals surface area contributed by atoms with E-state index in [1.54, 1.807) is 17.7 Å². The fraction of sp³-hybridized carbons (Fsp3) is 0. The van der Waals surface area contributed by atoms with E-state index >= 15 is 0 Å². The van der Waals surface area contributed by atoms with E-state index in [2.05, 4.69) is 125 Å². The van der Waals surface area contributed by atoms with Crippen molar-refractivity contribution in [2.45, 2.75) is 0 Å². The molecule has 178 valence electrons. The Kier molecular flexibility index (Phi) is 4.69. The Morgan fingerprint density at radius 2 is 1.24 bits per heavy atom. The van der Waals surface area contributed by atoms with Crippen LogP contribution in [0.2, 0.25) is 0 Å². The van der Waals surface area contributed by atoms with Crippen LogP contribution >= 0.6 is 11.3 Å². The predicted molar refractivity (Wildman–Crippen MR) is 160 cm³/mol. The summed E-state index contributed by atoms with van der Waals surface area (Å²) in [5.41, 5.74) is 9.34. The van der Waals surface area contributed by atoms with Gasteiger partial charge in [0.25, 0.3) is 0 Å². The van der Waals surface area contributed by atoms with Crippen molar-refractivity contribution in [3.63, 3.8) is 0 Å². The van der Waals surface area contributed by atoms with Gasteiger partial charge in [-0.25, -0.2) is 9.97 Å². The van der Waals surface area contributed by atoms with Gasteiger partial charge in [0.2, 0.25) is 0 Å². The summed E-state index contributed by atoms with van der Waals surface area (Å²) in [5.74, 6) is 0. The molecule has 0 bridgehead atoms. The Balaban J connectivity index is 1.51. The van der Waals surface area contributed by atoms with Gasteiger partial charge in [-0.3, -0.25) is 0 Å². The smallest absolute Gasteiger partial charge is 0.116 e. The van der Waals surface area contributed by atoms with Crippen LogP contribution in [0.1, 0.15) is 0 Å². The summed E-state index contributed by atoms with van der Waals surface area (Å²) < 4.78 is 4.76. The van der Waals surface area contributed by atoms with Gasteiger partial charge >= 0.3 is 0 Å². The van der Waals surface area contributed by atoms with Crippen LogP contribution in [0.5, 0.6) is 0 Å². The minimum Gasteiger partial charge on any atom is -0.309 e. The number of para-hydroxylation sites is 1. The highest BCUT2D eigenvalue weighted by atomic mass is 32.1. The molecule has 8 aromatic rings. The summed E-state index contributed by atoms with van der Waals surface area (Å²) in [7, 11) is 0. The summed E-state index contributed by atoms with van der Waals surface area (Å²) in [6.45, 7) is 0. The molecule has 0 radical (unpaired) electrons. The molecule has 0 unspecified atom stereocenters. The average Bonchev–Trinajstić information content (AvgIpc) is 3.53. The molecule has 38 heavy (non-hydrogen) atoms. The number of nitrogens with zero attached hydrogens (tertiary/aromatic N) is 3. The van der Waals surface area contributed by atoms with Gasteiger partial charge in [0, 0.05) is 32.7 Å². The third kappa shape index (κ3) is 3.21. The van der Waals surface area contributed by atoms with Crippen LogP contribution in [0, 0.1) is 0 Å². The molecule has 0 N–H and O–H groups in total. The molecule has 0 aliphatic carbocycles. The molecule has 3 heterocycles. The van der Waals surface area contributed by atoms with Gasteiger partial charge in [-0.2, -0.15) is 0 Å². The topological polar surface area (TPSA) is 30.7 Å². The van der Waals surface area contributed by atoms with Crippen LogP contribution in [-0.2, 0) is 0 Å². The molecule has 0 amide bonds. The normalized spacial score (nSPS) is 11.7. The average molecular weight is 504 g/mol. The van der Waals surface area contributed by atoms with Crippen molar-refractivity contribution >= 4 is 53.4 Å². The highest BCUT2D eigenvalue weighted by Gasteiger charge is 2.19. The minimum absolute atomic E-state index is 1.02. The first kappa shape index (κ1) is 21.3. The van der Waals surface area contributed by atoms with Crippen molar-refractivity contribution in [1.82, 2.24) is 14.5 Å². The third-order valence-corrected chi connectivity index (χ3v) is 8.40. The Hall–Kier alpha value is -4.80. The number of rotatable bonds is 3. The summed E-state index contributed by atoms with van der Waals surface area (Å²) in [6.07, 6.45) is 3.58. The fourth-order valence-corrected chi connectivity index (χ4v) is 6.71. The first-order valence-electron chi connectivity index (χ1n) is 12.7. The lowest BCUT2D eigenvalue weighted by Crippen LogP contribution is -1.96. The first-order chi connectivity index (χ1) is 18.8. The van der Waals surface area contributed by atoms with Crippen LogP contribution < -0.4 is 0 Å². The zero-order chi connectivity index (χ0) is 25.1. The molecule has 8 rings (SSSR count). The maximum Gasteiger partial charge on any atom is 0.116 e. The molecular weight excluding hydrogens is 482 g/mol. The molecule has 0 fully saturated rings. The molecule has 0 aliphatic heterocycles. The van der Waals surface area contributed by atoms with E-state index in [0.29, 0.717) is 0 Å². The molecule has 0 atom stereocenters. The monoisotopic (exact) mass is 503 g/mol. The lowest BCUT2D eigenvalue weighted by molar-refractivity contribution is 1.18. The van der Waals surface area contributed by atoms with Crippen LogP contribution in [0.15, 0.2) is 128 Å². The first-order valence-corrected chi connectivity index (χ1v) is 13.5. The molecule has 0 spiro atoms. The lowest BCUT2D eigenvalue weighted by atomic mass is 9.98. The number of benzene rings is 5. The Morgan fingerprint density at radius 3 is 1.97 bits per heavy atom. The summed E-state index contributed by atoms with van der Waals surface area (Å²) in [6, 6.07) is 41.4. The quantitative estimate of drug-likeness (QED) is 0.240. The highest BCUT2D eigenvalue weighted by molar-refractivity contribution is 7.25. The van der Waals surface area contributed by atoms with Crippen molar-refractivity contribution < 1.29 is 0 Å². The number of fused-ring (bicyclic) bond motifs is 7. The molecule has 0 saturated carbocycles. The summed E-state index contributed by atoms with van der Waals surface area (Å²) in [5, 5.41) is 3.69. The molecule has 3 aromatic heterocycles. The van der Waals surface area contributed by atoms with Crippen molar-refractivity contribution in [1.29, 1.82) is 0 Å². The van der Waals surface area contributed by atoms with Gasteiger partial charge in [-0.05, 0) is 58.7 Å². The number of hydrogen-bond donors (Lipinski definition) is 0. The predicted octanol–water partition coefficient (Wildman–Crippen LogP) is 9.28. The van der Waals surface area contributed by atoms with E-state index in [1.807, 2.05) is 6.20 Å². The van der Waals surface area contributed by atoms with Crippen LogP contribution in [0.4, 0.5) is 0 Å². The minimum atomic E-state index is 1.02. The van der Waals surface area contributed by atoms with Crippen molar-refractivity contribution in [2.24, 2.45) is 0 Å². The van der Waals surface area contributed by atoms with Crippen LogP contribution in [-0.4, -0.2) is 14.5 Å². The third-order valence-electron chi connectivity index (χ3n) is 7.33. The van der Waals surface area contributed by atoms with E-state index < -0.39 is 0 Å². The SMILES string of the molecule is c1ccc(-c2cc(-c3ccccc3)cc(-n3c4ccccc4c4c5c(ccc43)sc3cncnc35)c2)cc1. The van der Waals surface area contributed by atoms with E-state index in [1.165, 1.54) is 54.1 Å². The number of hydrogen-bond acceptors (Lipinski definition) is 3. The highest BCUT2D eigenvalue weighted by Crippen LogP contribution is 2.43. The summed E-state index contributed by atoms with van der Waals surface area (Å²) in [4.78, 5) is 8.98. The van der Waals surface area contributed by atoms with E-state index in [4.69, 9.17) is 4.98 Å². The molecule has 0 aliphatic rings. The van der Waals surface area contributed by atoms with E-state index in [9.17, 15) is 0 Å². The van der Waals surface area contributed by atoms with Gasteiger partial charge in [0.15, 0.2) is 0 Å². The fourth-order valence-electron chi connectivity index (χ4n) is 5.67. The second-order valence-corrected chi connectivity index (χ2v) is 10.6. The van der Waals surface area contributed by atoms with E-state index in [-0.39, 0.29) is 0 Å². The lowest BCUT2D eigenvalue weighted by Gasteiger charge is -2.14. The second-order valence-electron chi connectivity index (χ2n) is 9.52. The van der Waals surface area contributed by atoms with Crippen molar-refractivity contribution in [3.8, 4) is 27.9 Å². The van der Waals surface area contributed by atoms with Gasteiger partial charge < -0.3 is 4.57 Å². The molecule has 3 nitrogen and oxygen atoms in total. The number of thiophene rings is 1. The van der Waals surface area contributed by atoms with Gasteiger partial charge in [0.1, 0.15) is 6.33 Å². The zero-order valence-electron chi connectivity index (χ0n) is 20.4. The van der Waals surface area contributed by atoms with Gasteiger partial charge in [0.05, 0.1) is 21.3 Å². The van der Waals surface area contributed by atoms with Crippen LogP contribution in [0.25, 0.3) is 70.0 Å². The maximum absolute atomic E-state index is 4.71. The molecular formula is C34H21N3S. The zero-order valence-corrected chi connectivity index (χ0v) is 21.2. The summed E-state index contributed by atoms with van der Waals surface area (Å²) >= 11 is 1.76. The molecule has 4 heteroatoms. The van der Waals surface area contributed by atoms with Gasteiger partial charge in [-0.1, -0.05) is 78.9 Å². The molecule has 0 saturated heterocycles. The Morgan fingerprint density at radius 1 is 0.553 bits per heavy atom. The maximum atomic E-state index is 4.71. The molecule has 5 aromatic carbocycles. The second kappa shape index (κ2) is 8.37. The van der Waals surface area contributed by atoms with Crippen molar-refractivity contribution in [3.05, 3.63) is 128 Å².